The molecule has 1 spiro atoms. The van der Waals surface area contributed by atoms with Crippen LogP contribution in [0.2, 0.25) is 0 Å². The molecule has 2 aliphatic heterocycles. The zero-order valence-electron chi connectivity index (χ0n) is 11.8. The number of rotatable bonds is 1. The van der Waals surface area contributed by atoms with Gasteiger partial charge in [-0.05, 0) is 48.9 Å². The Morgan fingerprint density at radius 2 is 2.33 bits per heavy atom. The number of amides is 2. The van der Waals surface area contributed by atoms with Crippen LogP contribution in [0.4, 0.5) is 0 Å². The van der Waals surface area contributed by atoms with E-state index in [0.717, 1.165) is 36.3 Å². The first kappa shape index (κ1) is 14.4. The quantitative estimate of drug-likeness (QED) is 0.545. The maximum atomic E-state index is 12.4. The molecular weight excluding hydrogens is 288 g/mol. The monoisotopic (exact) mass is 306 g/mol. The molecular formula is C15H18N2O3S. The standard InChI is InChI=1S/C15H18N2O3S/c1-9-7-11-8-10(13(18)17-20)3-4-12(11)21-15(9)5-2-6-16-14(15)19/h3-4,8-9,20H,2,5-7H2,1H3,(H,16,19)(H,17,18). The molecule has 2 atom stereocenters. The van der Waals surface area contributed by atoms with Gasteiger partial charge in [0.2, 0.25) is 5.91 Å². The van der Waals surface area contributed by atoms with E-state index in [9.17, 15) is 9.59 Å². The van der Waals surface area contributed by atoms with Gasteiger partial charge in [-0.2, -0.15) is 0 Å². The molecule has 2 aliphatic rings. The minimum Gasteiger partial charge on any atom is -0.355 e. The van der Waals surface area contributed by atoms with Crippen LogP contribution < -0.4 is 10.8 Å². The van der Waals surface area contributed by atoms with Gasteiger partial charge in [-0.1, -0.05) is 6.92 Å². The number of hydroxylamine groups is 1. The Hall–Kier alpha value is -1.53. The third-order valence-electron chi connectivity index (χ3n) is 4.43. The van der Waals surface area contributed by atoms with Crippen LogP contribution in [0.1, 0.15) is 35.7 Å². The van der Waals surface area contributed by atoms with E-state index in [1.807, 2.05) is 6.07 Å². The zero-order valence-corrected chi connectivity index (χ0v) is 12.6. The smallest absolute Gasteiger partial charge is 0.274 e. The van der Waals surface area contributed by atoms with Crippen molar-refractivity contribution < 1.29 is 14.8 Å². The molecule has 1 fully saturated rings. The fraction of sp³-hybridized carbons (Fsp3) is 0.467. The van der Waals surface area contributed by atoms with Gasteiger partial charge in [-0.15, -0.1) is 11.8 Å². The summed E-state index contributed by atoms with van der Waals surface area (Å²) in [5.41, 5.74) is 3.16. The highest BCUT2D eigenvalue weighted by atomic mass is 32.2. The number of nitrogens with one attached hydrogen (secondary N) is 2. The molecule has 3 N–H and O–H groups in total. The van der Waals surface area contributed by atoms with Crippen LogP contribution >= 0.6 is 11.8 Å². The van der Waals surface area contributed by atoms with Crippen LogP contribution in [0, 0.1) is 5.92 Å². The number of benzene rings is 1. The second-order valence-electron chi connectivity index (χ2n) is 5.72. The fourth-order valence-corrected chi connectivity index (χ4v) is 4.72. The predicted molar refractivity (Wildman–Crippen MR) is 79.4 cm³/mol. The Kier molecular flexibility index (Phi) is 3.67. The number of thioether (sulfide) groups is 1. The second kappa shape index (κ2) is 5.35. The van der Waals surface area contributed by atoms with E-state index in [1.54, 1.807) is 29.4 Å². The first-order chi connectivity index (χ1) is 10.1. The third-order valence-corrected chi connectivity index (χ3v) is 6.21. The molecule has 1 aromatic rings. The van der Waals surface area contributed by atoms with Gasteiger partial charge in [0, 0.05) is 17.0 Å². The lowest BCUT2D eigenvalue weighted by atomic mass is 9.81. The van der Waals surface area contributed by atoms with Crippen molar-refractivity contribution in [2.75, 3.05) is 6.54 Å². The number of hydrogen-bond donors (Lipinski definition) is 3. The molecule has 0 saturated carbocycles. The predicted octanol–water partition coefficient (Wildman–Crippen LogP) is 1.74. The summed E-state index contributed by atoms with van der Waals surface area (Å²) < 4.78 is -0.383. The first-order valence-corrected chi connectivity index (χ1v) is 7.93. The van der Waals surface area contributed by atoms with E-state index < -0.39 is 5.91 Å². The summed E-state index contributed by atoms with van der Waals surface area (Å²) in [5, 5.41) is 11.7. The Balaban J connectivity index is 1.95. The van der Waals surface area contributed by atoms with Crippen LogP contribution in [0.3, 0.4) is 0 Å². The number of carbonyl (C=O) groups excluding carboxylic acids is 2. The summed E-state index contributed by atoms with van der Waals surface area (Å²) in [6.45, 7) is 2.86. The van der Waals surface area contributed by atoms with E-state index in [4.69, 9.17) is 5.21 Å². The van der Waals surface area contributed by atoms with Crippen LogP contribution in [0.15, 0.2) is 23.1 Å². The molecule has 0 aliphatic carbocycles. The molecule has 2 unspecified atom stereocenters. The van der Waals surface area contributed by atoms with Crippen molar-refractivity contribution in [2.24, 2.45) is 5.92 Å². The lowest BCUT2D eigenvalue weighted by Gasteiger charge is -2.43. The van der Waals surface area contributed by atoms with Crippen molar-refractivity contribution >= 4 is 23.6 Å². The summed E-state index contributed by atoms with van der Waals surface area (Å²) in [7, 11) is 0. The largest absolute Gasteiger partial charge is 0.355 e. The van der Waals surface area contributed by atoms with Crippen molar-refractivity contribution in [3.05, 3.63) is 29.3 Å². The summed E-state index contributed by atoms with van der Waals surface area (Å²) in [6, 6.07) is 5.36. The maximum absolute atomic E-state index is 12.4. The van der Waals surface area contributed by atoms with Crippen molar-refractivity contribution in [1.29, 1.82) is 0 Å². The molecule has 112 valence electrons. The van der Waals surface area contributed by atoms with E-state index in [0.29, 0.717) is 5.56 Å². The molecule has 0 radical (unpaired) electrons. The van der Waals surface area contributed by atoms with E-state index in [1.165, 1.54) is 0 Å². The SMILES string of the molecule is CC1Cc2cc(C(=O)NO)ccc2SC12CCCNC2=O. The Labute approximate surface area is 127 Å². The molecule has 1 saturated heterocycles. The highest BCUT2D eigenvalue weighted by Gasteiger charge is 2.48. The molecule has 0 bridgehead atoms. The molecule has 2 heterocycles. The average molecular weight is 306 g/mol. The van der Waals surface area contributed by atoms with Gasteiger partial charge in [-0.25, -0.2) is 5.48 Å². The number of carbonyl (C=O) groups is 2. The average Bonchev–Trinajstić information content (AvgIpc) is 2.50. The summed E-state index contributed by atoms with van der Waals surface area (Å²) in [5.74, 6) is -0.164. The topological polar surface area (TPSA) is 78.4 Å². The lowest BCUT2D eigenvalue weighted by molar-refractivity contribution is -0.126. The summed E-state index contributed by atoms with van der Waals surface area (Å²) in [4.78, 5) is 24.9. The minimum atomic E-state index is -0.508. The summed E-state index contributed by atoms with van der Waals surface area (Å²) in [6.07, 6.45) is 2.66. The van der Waals surface area contributed by atoms with E-state index >= 15 is 0 Å². The van der Waals surface area contributed by atoms with Gasteiger partial charge in [0.1, 0.15) is 4.75 Å². The zero-order chi connectivity index (χ0) is 15.0. The van der Waals surface area contributed by atoms with Gasteiger partial charge >= 0.3 is 0 Å². The highest BCUT2D eigenvalue weighted by Crippen LogP contribution is 2.50. The second-order valence-corrected chi connectivity index (χ2v) is 7.09. The molecule has 2 amide bonds. The molecule has 3 rings (SSSR count). The van der Waals surface area contributed by atoms with E-state index in [-0.39, 0.29) is 16.6 Å². The highest BCUT2D eigenvalue weighted by molar-refractivity contribution is 8.01. The van der Waals surface area contributed by atoms with Crippen LogP contribution in [0.5, 0.6) is 0 Å². The van der Waals surface area contributed by atoms with Crippen molar-refractivity contribution in [3.63, 3.8) is 0 Å². The van der Waals surface area contributed by atoms with Crippen molar-refractivity contribution in [1.82, 2.24) is 10.8 Å². The normalized spacial score (nSPS) is 27.9. The first-order valence-electron chi connectivity index (χ1n) is 7.11. The molecule has 5 nitrogen and oxygen atoms in total. The van der Waals surface area contributed by atoms with Crippen molar-refractivity contribution in [2.45, 2.75) is 35.8 Å². The Bertz CT molecular complexity index is 605. The number of hydrogen-bond acceptors (Lipinski definition) is 4. The van der Waals surface area contributed by atoms with Crippen LogP contribution in [-0.4, -0.2) is 28.3 Å². The molecule has 21 heavy (non-hydrogen) atoms. The fourth-order valence-electron chi connectivity index (χ4n) is 3.22. The van der Waals surface area contributed by atoms with Crippen LogP contribution in [0.25, 0.3) is 0 Å². The van der Waals surface area contributed by atoms with Crippen LogP contribution in [-0.2, 0) is 11.2 Å². The molecule has 0 aromatic heterocycles. The lowest BCUT2D eigenvalue weighted by Crippen LogP contribution is -2.54. The number of fused-ring (bicyclic) bond motifs is 1. The Morgan fingerprint density at radius 3 is 3.05 bits per heavy atom. The Morgan fingerprint density at radius 1 is 1.52 bits per heavy atom. The van der Waals surface area contributed by atoms with Crippen molar-refractivity contribution in [3.8, 4) is 0 Å². The number of piperidine rings is 1. The van der Waals surface area contributed by atoms with Gasteiger partial charge in [0.25, 0.3) is 5.91 Å². The van der Waals surface area contributed by atoms with Gasteiger partial charge in [0.05, 0.1) is 0 Å². The maximum Gasteiger partial charge on any atom is 0.274 e. The minimum absolute atomic E-state index is 0.133. The molecule has 1 aromatic carbocycles. The van der Waals surface area contributed by atoms with Gasteiger partial charge in [0.15, 0.2) is 0 Å². The summed E-state index contributed by atoms with van der Waals surface area (Å²) >= 11 is 1.62. The third kappa shape index (κ3) is 2.32. The van der Waals surface area contributed by atoms with Gasteiger partial charge in [-0.3, -0.25) is 14.8 Å². The van der Waals surface area contributed by atoms with Gasteiger partial charge < -0.3 is 5.32 Å². The van der Waals surface area contributed by atoms with E-state index in [2.05, 4.69) is 12.2 Å². The molecule has 6 heteroatoms.